The van der Waals surface area contributed by atoms with E-state index in [-0.39, 0.29) is 17.4 Å². The molecule has 0 spiro atoms. The Morgan fingerprint density at radius 1 is 1.09 bits per heavy atom. The molecule has 3 rings (SSSR count). The summed E-state index contributed by atoms with van der Waals surface area (Å²) >= 11 is 0. The third-order valence-corrected chi connectivity index (χ3v) is 6.23. The highest BCUT2D eigenvalue weighted by molar-refractivity contribution is 7.89. The zero-order valence-corrected chi connectivity index (χ0v) is 19.1. The molecular weight excluding hydrogens is 450 g/mol. The molecule has 2 aromatic rings. The number of esters is 1. The zero-order chi connectivity index (χ0) is 24.2. The number of sulfonamides is 1. The molecule has 0 bridgehead atoms. The van der Waals surface area contributed by atoms with Gasteiger partial charge in [-0.05, 0) is 57.2 Å². The monoisotopic (exact) mass is 475 g/mol. The molecule has 1 heterocycles. The Bertz CT molecular complexity index is 1150. The Kier molecular flexibility index (Phi) is 7.34. The average Bonchev–Trinajstić information content (AvgIpc) is 2.73. The van der Waals surface area contributed by atoms with Crippen molar-refractivity contribution in [1.82, 2.24) is 4.72 Å². The molecule has 3 N–H and O–H groups in total. The number of benzene rings is 2. The van der Waals surface area contributed by atoms with Crippen LogP contribution in [0.1, 0.15) is 27.2 Å². The van der Waals surface area contributed by atoms with Crippen molar-refractivity contribution >= 4 is 39.2 Å². The lowest BCUT2D eigenvalue weighted by atomic mass is 10.1. The van der Waals surface area contributed by atoms with Gasteiger partial charge in [-0.2, -0.15) is 0 Å². The molecular formula is C22H25N3O7S. The van der Waals surface area contributed by atoms with Crippen molar-refractivity contribution in [3.05, 3.63) is 48.5 Å². The molecule has 33 heavy (non-hydrogen) atoms. The SMILES string of the molecule is CC(C)NS(=O)(=O)c1ccc(NC(=O)[C@H](C)OC(=O)C[C@H]2Oc3ccccc3NC2=O)cc1. The Morgan fingerprint density at radius 2 is 1.76 bits per heavy atom. The van der Waals surface area contributed by atoms with E-state index in [1.807, 2.05) is 0 Å². The van der Waals surface area contributed by atoms with Gasteiger partial charge in [-0.3, -0.25) is 14.4 Å². The van der Waals surface area contributed by atoms with Gasteiger partial charge < -0.3 is 20.1 Å². The summed E-state index contributed by atoms with van der Waals surface area (Å²) < 4.78 is 37.5. The summed E-state index contributed by atoms with van der Waals surface area (Å²) in [7, 11) is -3.65. The van der Waals surface area contributed by atoms with Crippen LogP contribution in [0.5, 0.6) is 5.75 Å². The number of amides is 2. The second kappa shape index (κ2) is 10.0. The predicted molar refractivity (Wildman–Crippen MR) is 120 cm³/mol. The van der Waals surface area contributed by atoms with Gasteiger partial charge in [0, 0.05) is 11.7 Å². The minimum atomic E-state index is -3.65. The topological polar surface area (TPSA) is 140 Å². The summed E-state index contributed by atoms with van der Waals surface area (Å²) in [5.74, 6) is -1.43. The second-order valence-corrected chi connectivity index (χ2v) is 9.43. The maximum Gasteiger partial charge on any atom is 0.310 e. The van der Waals surface area contributed by atoms with Crippen LogP contribution in [0.3, 0.4) is 0 Å². The van der Waals surface area contributed by atoms with Crippen molar-refractivity contribution in [3.63, 3.8) is 0 Å². The first-order chi connectivity index (χ1) is 15.5. The van der Waals surface area contributed by atoms with Gasteiger partial charge in [0.1, 0.15) is 5.75 Å². The molecule has 0 radical (unpaired) electrons. The van der Waals surface area contributed by atoms with Crippen LogP contribution in [-0.4, -0.2) is 44.5 Å². The van der Waals surface area contributed by atoms with Crippen LogP contribution in [0.2, 0.25) is 0 Å². The zero-order valence-electron chi connectivity index (χ0n) is 18.3. The van der Waals surface area contributed by atoms with Crippen molar-refractivity contribution in [2.24, 2.45) is 0 Å². The fourth-order valence-corrected chi connectivity index (χ4v) is 4.27. The van der Waals surface area contributed by atoms with Gasteiger partial charge in [0.15, 0.2) is 12.2 Å². The lowest BCUT2D eigenvalue weighted by molar-refractivity contribution is -0.155. The highest BCUT2D eigenvalue weighted by Crippen LogP contribution is 2.29. The number of rotatable bonds is 8. The molecule has 0 saturated carbocycles. The minimum absolute atomic E-state index is 0.0565. The maximum atomic E-state index is 12.4. The van der Waals surface area contributed by atoms with Crippen molar-refractivity contribution in [1.29, 1.82) is 0 Å². The predicted octanol–water partition coefficient (Wildman–Crippen LogP) is 2.03. The molecule has 0 aromatic heterocycles. The molecule has 0 aliphatic carbocycles. The quantitative estimate of drug-likeness (QED) is 0.496. The van der Waals surface area contributed by atoms with Gasteiger partial charge in [0.05, 0.1) is 17.0 Å². The summed E-state index contributed by atoms with van der Waals surface area (Å²) in [5, 5.41) is 5.20. The van der Waals surface area contributed by atoms with Gasteiger partial charge in [-0.15, -0.1) is 0 Å². The van der Waals surface area contributed by atoms with E-state index in [4.69, 9.17) is 9.47 Å². The van der Waals surface area contributed by atoms with Gasteiger partial charge in [0.2, 0.25) is 10.0 Å². The highest BCUT2D eigenvalue weighted by Gasteiger charge is 2.31. The number of para-hydroxylation sites is 2. The Labute approximate surface area is 191 Å². The Balaban J connectivity index is 1.53. The van der Waals surface area contributed by atoms with Gasteiger partial charge in [-0.1, -0.05) is 12.1 Å². The number of carbonyl (C=O) groups excluding carboxylic acids is 3. The molecule has 2 amide bonds. The van der Waals surface area contributed by atoms with Crippen LogP contribution < -0.4 is 20.1 Å². The summed E-state index contributed by atoms with van der Waals surface area (Å²) in [6, 6.07) is 12.1. The first-order valence-electron chi connectivity index (χ1n) is 10.2. The van der Waals surface area contributed by atoms with Crippen molar-refractivity contribution in [2.45, 2.75) is 50.3 Å². The molecule has 2 aromatic carbocycles. The third kappa shape index (κ3) is 6.30. The summed E-state index contributed by atoms with van der Waals surface area (Å²) in [5.41, 5.74) is 0.844. The number of carbonyl (C=O) groups is 3. The number of fused-ring (bicyclic) bond motifs is 1. The highest BCUT2D eigenvalue weighted by atomic mass is 32.2. The van der Waals surface area contributed by atoms with E-state index >= 15 is 0 Å². The van der Waals surface area contributed by atoms with Crippen LogP contribution in [0.4, 0.5) is 11.4 Å². The maximum absolute atomic E-state index is 12.4. The summed E-state index contributed by atoms with van der Waals surface area (Å²) in [6.07, 6.45) is -2.59. The molecule has 10 nitrogen and oxygen atoms in total. The molecule has 1 aliphatic heterocycles. The molecule has 176 valence electrons. The van der Waals surface area contributed by atoms with E-state index in [1.54, 1.807) is 38.1 Å². The molecule has 0 fully saturated rings. The molecule has 1 aliphatic rings. The Morgan fingerprint density at radius 3 is 2.42 bits per heavy atom. The third-order valence-electron chi connectivity index (χ3n) is 4.56. The molecule has 11 heteroatoms. The lowest BCUT2D eigenvalue weighted by Gasteiger charge is -2.25. The molecule has 2 atom stereocenters. The normalized spacial score (nSPS) is 16.2. The fraction of sp³-hybridized carbons (Fsp3) is 0.318. The van der Waals surface area contributed by atoms with Crippen LogP contribution in [0.25, 0.3) is 0 Å². The molecule has 0 saturated heterocycles. The largest absolute Gasteiger partial charge is 0.478 e. The van der Waals surface area contributed by atoms with E-state index in [2.05, 4.69) is 15.4 Å². The van der Waals surface area contributed by atoms with Crippen molar-refractivity contribution in [3.8, 4) is 5.75 Å². The van der Waals surface area contributed by atoms with Gasteiger partial charge in [0.25, 0.3) is 11.8 Å². The fourth-order valence-electron chi connectivity index (χ4n) is 3.02. The van der Waals surface area contributed by atoms with Crippen LogP contribution in [0.15, 0.2) is 53.4 Å². The number of hydrogen-bond donors (Lipinski definition) is 3. The van der Waals surface area contributed by atoms with E-state index in [0.29, 0.717) is 17.1 Å². The smallest absolute Gasteiger partial charge is 0.310 e. The number of anilines is 2. The number of ether oxygens (including phenoxy) is 2. The van der Waals surface area contributed by atoms with E-state index in [9.17, 15) is 22.8 Å². The van der Waals surface area contributed by atoms with Gasteiger partial charge >= 0.3 is 5.97 Å². The standard InChI is InChI=1S/C22H25N3O7S/c1-13(2)25-33(29,30)16-10-8-15(9-11-16)23-21(27)14(3)31-20(26)12-19-22(28)24-17-6-4-5-7-18(17)32-19/h4-11,13-14,19,25H,12H2,1-3H3,(H,23,27)(H,24,28)/t14-,19+/m0/s1. The minimum Gasteiger partial charge on any atom is -0.478 e. The van der Waals surface area contributed by atoms with E-state index < -0.39 is 40.0 Å². The summed E-state index contributed by atoms with van der Waals surface area (Å²) in [6.45, 7) is 4.80. The summed E-state index contributed by atoms with van der Waals surface area (Å²) in [4.78, 5) is 36.8. The van der Waals surface area contributed by atoms with Crippen molar-refractivity contribution < 1.29 is 32.3 Å². The van der Waals surface area contributed by atoms with Crippen molar-refractivity contribution in [2.75, 3.05) is 10.6 Å². The second-order valence-electron chi connectivity index (χ2n) is 7.72. The van der Waals surface area contributed by atoms with Crippen LogP contribution >= 0.6 is 0 Å². The van der Waals surface area contributed by atoms with E-state index in [0.717, 1.165) is 0 Å². The van der Waals surface area contributed by atoms with Gasteiger partial charge in [-0.25, -0.2) is 13.1 Å². The first-order valence-corrected chi connectivity index (χ1v) is 11.7. The van der Waals surface area contributed by atoms with E-state index in [1.165, 1.54) is 31.2 Å². The molecule has 0 unspecified atom stereocenters. The average molecular weight is 476 g/mol. The first kappa shape index (κ1) is 24.2. The number of nitrogens with one attached hydrogen (secondary N) is 3. The van der Waals surface area contributed by atoms with Crippen LogP contribution in [0, 0.1) is 0 Å². The Hall–Kier alpha value is -3.44. The number of hydrogen-bond acceptors (Lipinski definition) is 7. The van der Waals surface area contributed by atoms with Crippen LogP contribution in [-0.2, 0) is 29.1 Å². The lowest BCUT2D eigenvalue weighted by Crippen LogP contribution is -2.40.